The Labute approximate surface area is 157 Å². The number of amides is 1. The van der Waals surface area contributed by atoms with Gasteiger partial charge < -0.3 is 10.0 Å². The number of aromatic carboxylic acids is 1. The van der Waals surface area contributed by atoms with Crippen LogP contribution in [0.2, 0.25) is 0 Å². The molecule has 1 aromatic heterocycles. The summed E-state index contributed by atoms with van der Waals surface area (Å²) in [6, 6.07) is 18.3. The van der Waals surface area contributed by atoms with Crippen molar-refractivity contribution in [3.8, 4) is 10.4 Å². The molecule has 0 aliphatic rings. The first-order valence-corrected chi connectivity index (χ1v) is 9.05. The minimum Gasteiger partial charge on any atom is -0.477 e. The van der Waals surface area contributed by atoms with E-state index in [0.717, 1.165) is 21.8 Å². The highest BCUT2D eigenvalue weighted by molar-refractivity contribution is 9.10. The molecule has 25 heavy (non-hydrogen) atoms. The number of thiophene rings is 1. The number of nitrogens with zero attached hydrogens (tertiary/aromatic N) is 1. The molecule has 0 aliphatic carbocycles. The number of rotatable bonds is 4. The number of benzene rings is 2. The van der Waals surface area contributed by atoms with Gasteiger partial charge in [0.25, 0.3) is 5.91 Å². The molecule has 0 fully saturated rings. The normalized spacial score (nSPS) is 10.5. The minimum atomic E-state index is -1.05. The molecular weight excluding hydrogens is 402 g/mol. The van der Waals surface area contributed by atoms with E-state index < -0.39 is 5.97 Å². The Morgan fingerprint density at radius 1 is 1.04 bits per heavy atom. The highest BCUT2D eigenvalue weighted by Gasteiger charge is 2.24. The van der Waals surface area contributed by atoms with Gasteiger partial charge in [-0.25, -0.2) is 4.79 Å². The molecule has 2 aromatic carbocycles. The Morgan fingerprint density at radius 2 is 1.68 bits per heavy atom. The van der Waals surface area contributed by atoms with Gasteiger partial charge in [-0.2, -0.15) is 0 Å². The zero-order chi connectivity index (χ0) is 18.0. The van der Waals surface area contributed by atoms with Crippen LogP contribution in [0.1, 0.15) is 20.0 Å². The fourth-order valence-electron chi connectivity index (χ4n) is 2.45. The molecule has 126 valence electrons. The lowest BCUT2D eigenvalue weighted by Gasteiger charge is -2.17. The Hall–Kier alpha value is -2.44. The van der Waals surface area contributed by atoms with Crippen molar-refractivity contribution in [2.75, 3.05) is 11.9 Å². The second-order valence-corrected chi connectivity index (χ2v) is 7.25. The van der Waals surface area contributed by atoms with Crippen LogP contribution in [0.15, 0.2) is 65.1 Å². The quantitative estimate of drug-likeness (QED) is 0.640. The fourth-order valence-corrected chi connectivity index (χ4v) is 3.94. The summed E-state index contributed by atoms with van der Waals surface area (Å²) in [5.41, 5.74) is 1.79. The van der Waals surface area contributed by atoms with Crippen molar-refractivity contribution < 1.29 is 14.7 Å². The average Bonchev–Trinajstić information content (AvgIpc) is 3.07. The van der Waals surface area contributed by atoms with Gasteiger partial charge in [0.05, 0.1) is 11.3 Å². The van der Waals surface area contributed by atoms with Gasteiger partial charge >= 0.3 is 5.97 Å². The second-order valence-electron chi connectivity index (χ2n) is 5.34. The Balaban J connectivity index is 2.04. The molecule has 1 amide bonds. The SMILES string of the molecule is CN(C(=O)c1ccccc1Br)c1cc(-c2ccccc2)sc1C(=O)O. The minimum absolute atomic E-state index is 0.141. The molecule has 0 radical (unpaired) electrons. The molecule has 0 atom stereocenters. The van der Waals surface area contributed by atoms with Gasteiger partial charge in [0.1, 0.15) is 4.88 Å². The van der Waals surface area contributed by atoms with E-state index >= 15 is 0 Å². The van der Waals surface area contributed by atoms with E-state index in [0.29, 0.717) is 15.7 Å². The van der Waals surface area contributed by atoms with Crippen molar-refractivity contribution in [2.45, 2.75) is 0 Å². The third-order valence-corrected chi connectivity index (χ3v) is 5.59. The molecule has 3 rings (SSSR count). The van der Waals surface area contributed by atoms with Crippen molar-refractivity contribution in [2.24, 2.45) is 0 Å². The smallest absolute Gasteiger partial charge is 0.348 e. The summed E-state index contributed by atoms with van der Waals surface area (Å²) in [6.45, 7) is 0. The Kier molecular flexibility index (Phi) is 5.01. The maximum atomic E-state index is 12.8. The highest BCUT2D eigenvalue weighted by atomic mass is 79.9. The van der Waals surface area contributed by atoms with E-state index in [9.17, 15) is 14.7 Å². The summed E-state index contributed by atoms with van der Waals surface area (Å²) >= 11 is 4.53. The van der Waals surface area contributed by atoms with Gasteiger partial charge in [-0.05, 0) is 39.7 Å². The lowest BCUT2D eigenvalue weighted by Crippen LogP contribution is -2.27. The van der Waals surface area contributed by atoms with Gasteiger partial charge in [-0.1, -0.05) is 42.5 Å². The van der Waals surface area contributed by atoms with Crippen LogP contribution in [0.4, 0.5) is 5.69 Å². The van der Waals surface area contributed by atoms with Gasteiger partial charge in [0.15, 0.2) is 0 Å². The molecule has 4 nitrogen and oxygen atoms in total. The topological polar surface area (TPSA) is 57.6 Å². The van der Waals surface area contributed by atoms with E-state index in [1.165, 1.54) is 4.90 Å². The average molecular weight is 416 g/mol. The summed E-state index contributed by atoms with van der Waals surface area (Å²) in [5.74, 6) is -1.32. The first-order valence-electron chi connectivity index (χ1n) is 7.44. The standard InChI is InChI=1S/C19H14BrNO3S/c1-21(18(22)13-9-5-6-10-14(13)20)15-11-16(25-17(15)19(23)24)12-7-3-2-4-8-12/h2-11H,1H3,(H,23,24). The molecule has 1 N–H and O–H groups in total. The van der Waals surface area contributed by atoms with Crippen molar-refractivity contribution in [1.29, 1.82) is 0 Å². The third-order valence-electron chi connectivity index (χ3n) is 3.74. The zero-order valence-corrected chi connectivity index (χ0v) is 15.7. The molecule has 0 saturated heterocycles. The second kappa shape index (κ2) is 7.21. The number of carbonyl (C=O) groups is 2. The van der Waals surface area contributed by atoms with E-state index in [2.05, 4.69) is 15.9 Å². The predicted octanol–water partition coefficient (Wildman–Crippen LogP) is 5.15. The molecule has 6 heteroatoms. The molecule has 0 bridgehead atoms. The predicted molar refractivity (Wildman–Crippen MR) is 104 cm³/mol. The molecule has 3 aromatic rings. The molecule has 0 aliphatic heterocycles. The third kappa shape index (κ3) is 3.50. The maximum Gasteiger partial charge on any atom is 0.348 e. The lowest BCUT2D eigenvalue weighted by molar-refractivity contribution is 0.0703. The number of anilines is 1. The summed E-state index contributed by atoms with van der Waals surface area (Å²) < 4.78 is 0.669. The number of carboxylic acid groups (broad SMARTS) is 1. The molecule has 0 saturated carbocycles. The van der Waals surface area contributed by atoms with Crippen molar-refractivity contribution in [1.82, 2.24) is 0 Å². The number of halogens is 1. The van der Waals surface area contributed by atoms with E-state index in [4.69, 9.17) is 0 Å². The van der Waals surface area contributed by atoms with Gasteiger partial charge in [-0.15, -0.1) is 11.3 Å². The Bertz CT molecular complexity index is 937. The zero-order valence-electron chi connectivity index (χ0n) is 13.3. The molecular formula is C19H14BrNO3S. The van der Waals surface area contributed by atoms with Crippen LogP contribution in [0.5, 0.6) is 0 Å². The summed E-state index contributed by atoms with van der Waals surface area (Å²) in [4.78, 5) is 26.8. The van der Waals surface area contributed by atoms with Crippen LogP contribution in [0.3, 0.4) is 0 Å². The summed E-state index contributed by atoms with van der Waals surface area (Å²) in [6.07, 6.45) is 0. The van der Waals surface area contributed by atoms with E-state index in [1.54, 1.807) is 31.3 Å². The van der Waals surface area contributed by atoms with Crippen molar-refractivity contribution in [3.63, 3.8) is 0 Å². The van der Waals surface area contributed by atoms with Crippen molar-refractivity contribution >= 4 is 44.8 Å². The van der Waals surface area contributed by atoms with Crippen LogP contribution in [0.25, 0.3) is 10.4 Å². The maximum absolute atomic E-state index is 12.8. The van der Waals surface area contributed by atoms with Gasteiger partial charge in [-0.3, -0.25) is 4.79 Å². The summed E-state index contributed by atoms with van der Waals surface area (Å²) in [5, 5.41) is 9.54. The number of hydrogen-bond acceptors (Lipinski definition) is 3. The van der Waals surface area contributed by atoms with Gasteiger partial charge in [0.2, 0.25) is 0 Å². The number of carboxylic acids is 1. The Morgan fingerprint density at radius 3 is 2.32 bits per heavy atom. The van der Waals surface area contributed by atoms with Crippen LogP contribution in [0, 0.1) is 0 Å². The number of hydrogen-bond donors (Lipinski definition) is 1. The summed E-state index contributed by atoms with van der Waals surface area (Å²) in [7, 11) is 1.59. The van der Waals surface area contributed by atoms with Crippen molar-refractivity contribution in [3.05, 3.63) is 75.6 Å². The van der Waals surface area contributed by atoms with E-state index in [-0.39, 0.29) is 10.8 Å². The first-order chi connectivity index (χ1) is 12.0. The molecule has 0 spiro atoms. The molecule has 0 unspecified atom stereocenters. The largest absolute Gasteiger partial charge is 0.477 e. The highest BCUT2D eigenvalue weighted by Crippen LogP contribution is 2.37. The molecule has 1 heterocycles. The fraction of sp³-hybridized carbons (Fsp3) is 0.0526. The monoisotopic (exact) mass is 415 g/mol. The first kappa shape index (κ1) is 17.4. The van der Waals surface area contributed by atoms with Gasteiger partial charge in [0, 0.05) is 16.4 Å². The van der Waals surface area contributed by atoms with Crippen LogP contribution < -0.4 is 4.90 Å². The number of carbonyl (C=O) groups excluding carboxylic acids is 1. The lowest BCUT2D eigenvalue weighted by atomic mass is 10.1. The van der Waals surface area contributed by atoms with E-state index in [1.807, 2.05) is 36.4 Å². The van der Waals surface area contributed by atoms with Crippen LogP contribution in [-0.2, 0) is 0 Å². The van der Waals surface area contributed by atoms with Crippen LogP contribution >= 0.6 is 27.3 Å². The van der Waals surface area contributed by atoms with Crippen LogP contribution in [-0.4, -0.2) is 24.0 Å².